The van der Waals surface area contributed by atoms with Crippen LogP contribution in [0.5, 0.6) is 11.5 Å². The molecule has 2 aromatic carbocycles. The Bertz CT molecular complexity index is 979. The van der Waals surface area contributed by atoms with E-state index < -0.39 is 0 Å². The fraction of sp³-hybridized carbons (Fsp3) is 0.300. The van der Waals surface area contributed by atoms with Crippen molar-refractivity contribution >= 4 is 23.4 Å². The molecule has 4 rings (SSSR count). The molecule has 0 saturated heterocycles. The van der Waals surface area contributed by atoms with Gasteiger partial charge in [0.2, 0.25) is 0 Å². The number of rotatable bonds is 6. The van der Waals surface area contributed by atoms with Gasteiger partial charge in [-0.05, 0) is 36.2 Å². The second-order valence-corrected chi connectivity index (χ2v) is 7.78. The molecule has 0 bridgehead atoms. The molecule has 3 aromatic rings. The van der Waals surface area contributed by atoms with Crippen molar-refractivity contribution < 1.29 is 9.47 Å². The fourth-order valence-electron chi connectivity index (χ4n) is 3.21. The van der Waals surface area contributed by atoms with Gasteiger partial charge in [-0.2, -0.15) is 0 Å². The van der Waals surface area contributed by atoms with E-state index in [1.54, 1.807) is 26.0 Å². The number of methoxy groups -OCH3 is 2. The second-order valence-electron chi connectivity index (χ2n) is 6.46. The molecule has 1 aromatic heterocycles. The molecule has 0 unspecified atom stereocenters. The van der Waals surface area contributed by atoms with E-state index in [2.05, 4.69) is 25.7 Å². The van der Waals surface area contributed by atoms with Crippen LogP contribution in [0.1, 0.15) is 5.56 Å². The van der Waals surface area contributed by atoms with Crippen molar-refractivity contribution in [1.29, 1.82) is 0 Å². The summed E-state index contributed by atoms with van der Waals surface area (Å²) in [5.74, 6) is 3.20. The zero-order chi connectivity index (χ0) is 19.5. The summed E-state index contributed by atoms with van der Waals surface area (Å²) in [6.45, 7) is 1.66. The van der Waals surface area contributed by atoms with Crippen LogP contribution in [0.4, 0.5) is 0 Å². The third-order valence-corrected chi connectivity index (χ3v) is 6.10. The summed E-state index contributed by atoms with van der Waals surface area (Å²) in [5.41, 5.74) is 2.12. The minimum absolute atomic E-state index is 0.685. The first-order valence-electron chi connectivity index (χ1n) is 8.93. The summed E-state index contributed by atoms with van der Waals surface area (Å²) < 4.78 is 12.8. The van der Waals surface area contributed by atoms with Crippen LogP contribution in [-0.4, -0.2) is 46.3 Å². The van der Waals surface area contributed by atoms with Crippen molar-refractivity contribution in [3.05, 3.63) is 53.1 Å². The van der Waals surface area contributed by atoms with Gasteiger partial charge in [-0.25, -0.2) is 0 Å². The van der Waals surface area contributed by atoms with Crippen molar-refractivity contribution in [1.82, 2.24) is 19.7 Å². The molecule has 146 valence electrons. The monoisotopic (exact) mass is 416 g/mol. The van der Waals surface area contributed by atoms with Crippen LogP contribution < -0.4 is 9.47 Å². The Kier molecular flexibility index (Phi) is 5.75. The van der Waals surface area contributed by atoms with Crippen molar-refractivity contribution in [3.63, 3.8) is 0 Å². The molecule has 28 heavy (non-hydrogen) atoms. The van der Waals surface area contributed by atoms with Crippen LogP contribution in [0.3, 0.4) is 0 Å². The van der Waals surface area contributed by atoms with E-state index in [0.29, 0.717) is 5.02 Å². The van der Waals surface area contributed by atoms with E-state index in [0.717, 1.165) is 53.6 Å². The largest absolute Gasteiger partial charge is 0.493 e. The lowest BCUT2D eigenvalue weighted by atomic mass is 10.1. The van der Waals surface area contributed by atoms with E-state index in [4.69, 9.17) is 21.1 Å². The molecule has 8 heteroatoms. The summed E-state index contributed by atoms with van der Waals surface area (Å²) in [6.07, 6.45) is 0.916. The van der Waals surface area contributed by atoms with Gasteiger partial charge < -0.3 is 9.47 Å². The number of halogens is 1. The molecule has 0 fully saturated rings. The number of hydrogen-bond acceptors (Lipinski definition) is 6. The average molecular weight is 417 g/mol. The zero-order valence-electron chi connectivity index (χ0n) is 15.8. The van der Waals surface area contributed by atoms with Crippen LogP contribution in [0.25, 0.3) is 11.4 Å². The molecule has 1 aliphatic heterocycles. The Morgan fingerprint density at radius 3 is 2.68 bits per heavy atom. The number of ether oxygens (including phenoxy) is 2. The predicted molar refractivity (Wildman–Crippen MR) is 111 cm³/mol. The molecule has 0 spiro atoms. The first-order chi connectivity index (χ1) is 13.7. The van der Waals surface area contributed by atoms with E-state index in [-0.39, 0.29) is 0 Å². The molecular weight excluding hydrogens is 396 g/mol. The lowest BCUT2D eigenvalue weighted by Gasteiger charge is -2.28. The molecule has 0 amide bonds. The van der Waals surface area contributed by atoms with Crippen molar-refractivity contribution in [2.24, 2.45) is 0 Å². The number of hydrogen-bond donors (Lipinski definition) is 0. The maximum Gasteiger partial charge on any atom is 0.193 e. The van der Waals surface area contributed by atoms with Crippen LogP contribution in [0.15, 0.2) is 47.6 Å². The Morgan fingerprint density at radius 1 is 1.07 bits per heavy atom. The van der Waals surface area contributed by atoms with Gasteiger partial charge in [0.05, 0.1) is 31.8 Å². The molecule has 1 aliphatic rings. The highest BCUT2D eigenvalue weighted by molar-refractivity contribution is 7.99. The highest BCUT2D eigenvalue weighted by Crippen LogP contribution is 2.32. The third-order valence-electron chi connectivity index (χ3n) is 4.71. The zero-order valence-corrected chi connectivity index (χ0v) is 17.3. The standard InChI is InChI=1S/C20H21ClN4O2S/c1-26-17-8-7-14(11-18(17)27-2)9-10-24-12-25-19(22-23-20(25)28-13-24)15-5-3-4-6-16(15)21/h3-8,11H,9-10,12-13H2,1-2H3. The summed E-state index contributed by atoms with van der Waals surface area (Å²) >= 11 is 8.06. The quantitative estimate of drug-likeness (QED) is 0.600. The number of nitrogens with zero attached hydrogens (tertiary/aromatic N) is 4. The normalized spacial score (nSPS) is 14.0. The first-order valence-corrected chi connectivity index (χ1v) is 10.3. The Morgan fingerprint density at radius 2 is 1.89 bits per heavy atom. The number of fused-ring (bicyclic) bond motifs is 1. The number of thioether (sulfide) groups is 1. The molecule has 0 atom stereocenters. The van der Waals surface area contributed by atoms with E-state index in [1.807, 2.05) is 36.4 Å². The first kappa shape index (κ1) is 19.1. The Hall–Kier alpha value is -2.22. The summed E-state index contributed by atoms with van der Waals surface area (Å²) in [6, 6.07) is 13.8. The lowest BCUT2D eigenvalue weighted by molar-refractivity contribution is 0.242. The third kappa shape index (κ3) is 3.83. The number of aromatic nitrogens is 3. The summed E-state index contributed by atoms with van der Waals surface area (Å²) in [4.78, 5) is 2.37. The fourth-order valence-corrected chi connectivity index (χ4v) is 4.34. The SMILES string of the molecule is COc1ccc(CCN2CSc3nnc(-c4ccccc4Cl)n3C2)cc1OC. The molecule has 0 aliphatic carbocycles. The van der Waals surface area contributed by atoms with Crippen LogP contribution in [0.2, 0.25) is 5.02 Å². The van der Waals surface area contributed by atoms with Gasteiger partial charge in [0.15, 0.2) is 22.5 Å². The average Bonchev–Trinajstić information content (AvgIpc) is 3.15. The molecule has 0 N–H and O–H groups in total. The van der Waals surface area contributed by atoms with Gasteiger partial charge in [0.25, 0.3) is 0 Å². The van der Waals surface area contributed by atoms with Gasteiger partial charge in [-0.3, -0.25) is 9.47 Å². The van der Waals surface area contributed by atoms with E-state index in [1.165, 1.54) is 5.56 Å². The maximum atomic E-state index is 6.37. The van der Waals surface area contributed by atoms with Gasteiger partial charge in [-0.15, -0.1) is 10.2 Å². The Balaban J connectivity index is 1.48. The van der Waals surface area contributed by atoms with E-state index in [9.17, 15) is 0 Å². The summed E-state index contributed by atoms with van der Waals surface area (Å²) in [5, 5.41) is 10.3. The van der Waals surface area contributed by atoms with Crippen molar-refractivity contribution in [2.75, 3.05) is 26.6 Å². The molecule has 6 nitrogen and oxygen atoms in total. The Labute approximate surface area is 173 Å². The molecule has 0 radical (unpaired) electrons. The second kappa shape index (κ2) is 8.43. The maximum absolute atomic E-state index is 6.37. The highest BCUT2D eigenvalue weighted by Gasteiger charge is 2.23. The van der Waals surface area contributed by atoms with Crippen LogP contribution >= 0.6 is 23.4 Å². The minimum Gasteiger partial charge on any atom is -0.493 e. The van der Waals surface area contributed by atoms with E-state index >= 15 is 0 Å². The topological polar surface area (TPSA) is 52.4 Å². The van der Waals surface area contributed by atoms with Crippen molar-refractivity contribution in [3.8, 4) is 22.9 Å². The highest BCUT2D eigenvalue weighted by atomic mass is 35.5. The van der Waals surface area contributed by atoms with Gasteiger partial charge in [0, 0.05) is 12.1 Å². The molecule has 2 heterocycles. The van der Waals surface area contributed by atoms with Crippen LogP contribution in [-0.2, 0) is 13.1 Å². The molecule has 0 saturated carbocycles. The van der Waals surface area contributed by atoms with Gasteiger partial charge >= 0.3 is 0 Å². The predicted octanol–water partition coefficient (Wildman–Crippen LogP) is 4.18. The minimum atomic E-state index is 0.685. The lowest BCUT2D eigenvalue weighted by Crippen LogP contribution is -2.32. The summed E-state index contributed by atoms with van der Waals surface area (Å²) in [7, 11) is 3.31. The van der Waals surface area contributed by atoms with Crippen molar-refractivity contribution in [2.45, 2.75) is 18.2 Å². The smallest absolute Gasteiger partial charge is 0.193 e. The van der Waals surface area contributed by atoms with Gasteiger partial charge in [-0.1, -0.05) is 41.6 Å². The van der Waals surface area contributed by atoms with Gasteiger partial charge in [0.1, 0.15) is 0 Å². The number of benzene rings is 2. The molecular formula is C20H21ClN4O2S. The van der Waals surface area contributed by atoms with Crippen LogP contribution in [0, 0.1) is 0 Å².